The summed E-state index contributed by atoms with van der Waals surface area (Å²) in [5.41, 5.74) is 0. The van der Waals surface area contributed by atoms with Crippen LogP contribution in [0, 0.1) is 0 Å². The number of halogens is 4. The first-order valence-corrected chi connectivity index (χ1v) is 5.43. The van der Waals surface area contributed by atoms with Gasteiger partial charge in [0.2, 0.25) is 0 Å². The number of allylic oxidation sites excluding steroid dienone is 3. The van der Waals surface area contributed by atoms with Crippen LogP contribution in [0.5, 0.6) is 0 Å². The van der Waals surface area contributed by atoms with Crippen molar-refractivity contribution in [3.05, 3.63) is 20.5 Å². The standard InChI is InChI=1S/C5H2BrClFI/c6-3-1-2-4(7)9-5(3)8/h1-2H. The smallest absolute Gasteiger partial charge is 0.170 e. The molecule has 0 unspecified atom stereocenters. The van der Waals surface area contributed by atoms with Crippen LogP contribution >= 0.6 is 48.3 Å². The third-order valence-corrected chi connectivity index (χ3v) is 4.60. The summed E-state index contributed by atoms with van der Waals surface area (Å²) < 4.78 is 13.6. The zero-order valence-electron chi connectivity index (χ0n) is 4.17. The Morgan fingerprint density at radius 2 is 2.22 bits per heavy atom. The van der Waals surface area contributed by atoms with Crippen molar-refractivity contribution < 1.29 is 4.39 Å². The van der Waals surface area contributed by atoms with Crippen LogP contribution in [0.1, 0.15) is 0 Å². The van der Waals surface area contributed by atoms with Crippen LogP contribution in [0.3, 0.4) is 0 Å². The van der Waals surface area contributed by atoms with Gasteiger partial charge >= 0.3 is 0 Å². The lowest BCUT2D eigenvalue weighted by atomic mass is 10.5. The highest BCUT2D eigenvalue weighted by atomic mass is 127. The van der Waals surface area contributed by atoms with E-state index in [1.807, 2.05) is 0 Å². The van der Waals surface area contributed by atoms with Gasteiger partial charge in [0.05, 0.1) is 7.45 Å². The molecule has 0 fully saturated rings. The van der Waals surface area contributed by atoms with Crippen molar-refractivity contribution >= 4 is 51.2 Å². The molecule has 0 atom stereocenters. The molecule has 1 aliphatic rings. The van der Waals surface area contributed by atoms with Crippen molar-refractivity contribution in [3.8, 4) is 0 Å². The van der Waals surface area contributed by atoms with Crippen LogP contribution in [0.2, 0.25) is 0 Å². The number of rotatable bonds is 0. The SMILES string of the molecule is FC1=C(Br)C=CC(Cl)=I1. The predicted octanol–water partition coefficient (Wildman–Crippen LogP) is 3.43. The minimum atomic E-state index is -0.690. The molecule has 0 saturated heterocycles. The van der Waals surface area contributed by atoms with Gasteiger partial charge in [-0.3, -0.25) is 0 Å². The van der Waals surface area contributed by atoms with E-state index < -0.39 is 20.7 Å². The molecule has 0 bridgehead atoms. The van der Waals surface area contributed by atoms with Crippen molar-refractivity contribution in [1.29, 1.82) is 0 Å². The summed E-state index contributed by atoms with van der Waals surface area (Å²) in [6.07, 6.45) is 3.35. The molecule has 0 saturated carbocycles. The number of hydrogen-bond donors (Lipinski definition) is 0. The van der Waals surface area contributed by atoms with Gasteiger partial charge in [0, 0.05) is 0 Å². The first-order valence-electron chi connectivity index (χ1n) is 2.11. The Balaban J connectivity index is 3.01. The molecule has 50 valence electrons. The number of hydrogen-bond acceptors (Lipinski definition) is 0. The van der Waals surface area contributed by atoms with Crippen molar-refractivity contribution in [2.45, 2.75) is 0 Å². The topological polar surface area (TPSA) is 0 Å². The van der Waals surface area contributed by atoms with Crippen molar-refractivity contribution in [2.24, 2.45) is 0 Å². The minimum Gasteiger partial charge on any atom is -0.199 e. The van der Waals surface area contributed by atoms with Gasteiger partial charge in [-0.05, 0) is 48.8 Å². The van der Waals surface area contributed by atoms with E-state index in [2.05, 4.69) is 15.9 Å². The Morgan fingerprint density at radius 3 is 2.67 bits per heavy atom. The molecule has 4 heteroatoms. The summed E-state index contributed by atoms with van der Waals surface area (Å²) >= 11 is 7.93. The molecule has 0 aromatic rings. The lowest BCUT2D eigenvalue weighted by Gasteiger charge is -1.96. The van der Waals surface area contributed by atoms with Gasteiger partial charge in [-0.15, -0.1) is 0 Å². The zero-order chi connectivity index (χ0) is 6.85. The van der Waals surface area contributed by atoms with E-state index in [0.29, 0.717) is 7.45 Å². The van der Waals surface area contributed by atoms with Crippen molar-refractivity contribution in [3.63, 3.8) is 0 Å². The molecule has 0 aromatic carbocycles. The molecule has 0 N–H and O–H groups in total. The molecular formula is C5H2BrClFI. The fourth-order valence-corrected chi connectivity index (χ4v) is 2.72. The molecule has 1 heterocycles. The van der Waals surface area contributed by atoms with E-state index in [-0.39, 0.29) is 3.83 Å². The van der Waals surface area contributed by atoms with Gasteiger partial charge in [-0.2, -0.15) is 4.39 Å². The summed E-state index contributed by atoms with van der Waals surface area (Å²) in [5, 5.41) is 0. The van der Waals surface area contributed by atoms with E-state index >= 15 is 0 Å². The second-order valence-corrected chi connectivity index (χ2v) is 5.87. The highest BCUT2D eigenvalue weighted by Crippen LogP contribution is 2.31. The van der Waals surface area contributed by atoms with E-state index in [9.17, 15) is 4.39 Å². The maximum Gasteiger partial charge on any atom is 0.170 e. The average Bonchev–Trinajstić information content (AvgIpc) is 1.80. The van der Waals surface area contributed by atoms with Gasteiger partial charge in [0.25, 0.3) is 0 Å². The van der Waals surface area contributed by atoms with Gasteiger partial charge in [-0.25, -0.2) is 0 Å². The highest BCUT2D eigenvalue weighted by Gasteiger charge is 2.03. The molecule has 0 aromatic heterocycles. The third kappa shape index (κ3) is 2.13. The molecule has 9 heavy (non-hydrogen) atoms. The van der Waals surface area contributed by atoms with Crippen LogP contribution in [0.25, 0.3) is 0 Å². The Bertz CT molecular complexity index is 219. The van der Waals surface area contributed by atoms with Crippen LogP contribution in [-0.4, -0.2) is 2.97 Å². The molecule has 0 aliphatic carbocycles. The normalized spacial score (nSPS) is 19.2. The predicted molar refractivity (Wildman–Crippen MR) is 51.1 cm³/mol. The van der Waals surface area contributed by atoms with E-state index in [1.165, 1.54) is 0 Å². The van der Waals surface area contributed by atoms with Gasteiger partial charge in [0.1, 0.15) is 0 Å². The monoisotopic (exact) mass is 322 g/mol. The van der Waals surface area contributed by atoms with Crippen molar-refractivity contribution in [2.75, 3.05) is 0 Å². The molecule has 1 aliphatic heterocycles. The summed E-state index contributed by atoms with van der Waals surface area (Å²) in [7, 11) is 0. The largest absolute Gasteiger partial charge is 0.199 e. The van der Waals surface area contributed by atoms with E-state index in [4.69, 9.17) is 11.6 Å². The van der Waals surface area contributed by atoms with Crippen LogP contribution in [0.4, 0.5) is 4.39 Å². The van der Waals surface area contributed by atoms with E-state index in [1.54, 1.807) is 12.2 Å². The Morgan fingerprint density at radius 1 is 1.56 bits per heavy atom. The maximum absolute atomic E-state index is 12.6. The Labute approximate surface area is 75.6 Å². The maximum atomic E-state index is 12.6. The van der Waals surface area contributed by atoms with E-state index in [0.717, 1.165) is 0 Å². The van der Waals surface area contributed by atoms with Crippen LogP contribution in [0.15, 0.2) is 20.5 Å². The lowest BCUT2D eigenvalue weighted by molar-refractivity contribution is 0.710. The average molecular weight is 323 g/mol. The molecule has 0 radical (unpaired) electrons. The molecular weight excluding hydrogens is 321 g/mol. The Kier molecular flexibility index (Phi) is 2.85. The minimum absolute atomic E-state index is 0.0960. The Hall–Kier alpha value is 0.780. The quantitative estimate of drug-likeness (QED) is 0.599. The zero-order valence-corrected chi connectivity index (χ0v) is 8.67. The van der Waals surface area contributed by atoms with Crippen LogP contribution < -0.4 is 0 Å². The molecule has 0 amide bonds. The summed E-state index contributed by atoms with van der Waals surface area (Å²) in [6.45, 7) is 0. The first kappa shape index (κ1) is 7.88. The fraction of sp³-hybridized carbons (Fsp3) is 0. The summed E-state index contributed by atoms with van der Waals surface area (Å²) in [6, 6.07) is 0. The molecule has 0 spiro atoms. The second-order valence-electron chi connectivity index (χ2n) is 1.33. The lowest BCUT2D eigenvalue weighted by Crippen LogP contribution is -1.79. The van der Waals surface area contributed by atoms with Crippen molar-refractivity contribution in [1.82, 2.24) is 0 Å². The molecule has 0 nitrogen and oxygen atoms in total. The van der Waals surface area contributed by atoms with Gasteiger partial charge < -0.3 is 0 Å². The third-order valence-electron chi connectivity index (χ3n) is 0.709. The highest BCUT2D eigenvalue weighted by molar-refractivity contribution is 14.2. The summed E-state index contributed by atoms with van der Waals surface area (Å²) in [4.78, 5) is 0. The van der Waals surface area contributed by atoms with Gasteiger partial charge in [-0.1, -0.05) is 11.6 Å². The van der Waals surface area contributed by atoms with Crippen LogP contribution in [-0.2, 0) is 0 Å². The van der Waals surface area contributed by atoms with Gasteiger partial charge in [0.15, 0.2) is 3.83 Å². The molecule has 1 rings (SSSR count). The first-order chi connectivity index (χ1) is 4.20. The fourth-order valence-electron chi connectivity index (χ4n) is 0.355. The second kappa shape index (κ2) is 3.25. The summed E-state index contributed by atoms with van der Waals surface area (Å²) in [5.74, 6) is 0.